The third-order valence-electron chi connectivity index (χ3n) is 2.23. The number of amides is 1. The van der Waals surface area contributed by atoms with E-state index in [2.05, 4.69) is 10.3 Å². The van der Waals surface area contributed by atoms with Gasteiger partial charge in [0.2, 0.25) is 0 Å². The van der Waals surface area contributed by atoms with Gasteiger partial charge in [0.15, 0.2) is 0 Å². The van der Waals surface area contributed by atoms with E-state index >= 15 is 0 Å². The number of carboxylic acid groups (broad SMARTS) is 1. The molecule has 6 nitrogen and oxygen atoms in total. The molecular formula is C12H16N2O4. The van der Waals surface area contributed by atoms with Crippen LogP contribution in [0.2, 0.25) is 0 Å². The molecule has 0 radical (unpaired) electrons. The number of aliphatic carboxylic acids is 1. The molecule has 6 heteroatoms. The molecule has 0 heterocycles. The highest BCUT2D eigenvalue weighted by molar-refractivity contribution is 5.74. The largest absolute Gasteiger partial charge is 0.480 e. The van der Waals surface area contributed by atoms with E-state index in [1.165, 1.54) is 19.0 Å². The van der Waals surface area contributed by atoms with E-state index in [0.717, 1.165) is 5.56 Å². The molecule has 1 aromatic carbocycles. The van der Waals surface area contributed by atoms with Gasteiger partial charge in [0, 0.05) is 20.5 Å². The fourth-order valence-electron chi connectivity index (χ4n) is 1.24. The molecule has 0 aliphatic rings. The van der Waals surface area contributed by atoms with Crippen LogP contribution >= 0.6 is 0 Å². The maximum absolute atomic E-state index is 11.2. The highest BCUT2D eigenvalue weighted by Gasteiger charge is 2.20. The van der Waals surface area contributed by atoms with Crippen molar-refractivity contribution in [3.05, 3.63) is 35.9 Å². The van der Waals surface area contributed by atoms with Gasteiger partial charge in [0.05, 0.1) is 0 Å². The third-order valence-corrected chi connectivity index (χ3v) is 2.23. The Morgan fingerprint density at radius 3 is 2.44 bits per heavy atom. The Morgan fingerprint density at radius 1 is 1.33 bits per heavy atom. The van der Waals surface area contributed by atoms with Gasteiger partial charge in [0.1, 0.15) is 6.04 Å². The molecule has 2 N–H and O–H groups in total. The van der Waals surface area contributed by atoms with E-state index in [-0.39, 0.29) is 6.42 Å². The lowest BCUT2D eigenvalue weighted by molar-refractivity contribution is -0.142. The first-order valence-corrected chi connectivity index (χ1v) is 5.41. The number of hydrogen-bond acceptors (Lipinski definition) is 4. The Bertz CT molecular complexity index is 406. The average Bonchev–Trinajstić information content (AvgIpc) is 2.34. The van der Waals surface area contributed by atoms with E-state index in [9.17, 15) is 9.59 Å². The highest BCUT2D eigenvalue weighted by Crippen LogP contribution is 2.03. The number of rotatable bonds is 5. The van der Waals surface area contributed by atoms with Crippen LogP contribution in [-0.2, 0) is 16.1 Å². The van der Waals surface area contributed by atoms with Crippen molar-refractivity contribution in [3.63, 3.8) is 0 Å². The first kappa shape index (κ1) is 14.0. The lowest BCUT2D eigenvalue weighted by Gasteiger charge is -2.16. The molecule has 1 aromatic rings. The van der Waals surface area contributed by atoms with Gasteiger partial charge < -0.3 is 14.8 Å². The lowest BCUT2D eigenvalue weighted by atomic mass is 10.1. The van der Waals surface area contributed by atoms with Crippen LogP contribution in [0.1, 0.15) is 5.56 Å². The molecule has 0 bridgehead atoms. The fourth-order valence-corrected chi connectivity index (χ4v) is 1.24. The second-order valence-corrected chi connectivity index (χ2v) is 3.96. The van der Waals surface area contributed by atoms with Crippen LogP contribution in [-0.4, -0.2) is 42.2 Å². The number of nitrogens with zero attached hydrogens (tertiary/aromatic N) is 1. The van der Waals surface area contributed by atoms with E-state index < -0.39 is 18.1 Å². The molecule has 98 valence electrons. The van der Waals surface area contributed by atoms with E-state index in [0.29, 0.717) is 0 Å². The predicted molar refractivity (Wildman–Crippen MR) is 64.9 cm³/mol. The quantitative estimate of drug-likeness (QED) is 0.761. The molecule has 0 spiro atoms. The van der Waals surface area contributed by atoms with Crippen molar-refractivity contribution in [3.8, 4) is 0 Å². The number of nitrogens with one attached hydrogen (secondary N) is 1. The van der Waals surface area contributed by atoms with Crippen LogP contribution in [0.3, 0.4) is 0 Å². The Hall–Kier alpha value is -2.08. The summed E-state index contributed by atoms with van der Waals surface area (Å²) in [6, 6.07) is 8.13. The molecule has 1 amide bonds. The summed E-state index contributed by atoms with van der Waals surface area (Å²) in [7, 11) is 3.02. The first-order chi connectivity index (χ1) is 8.50. The predicted octanol–water partition coefficient (Wildman–Crippen LogP) is 0.885. The molecular weight excluding hydrogens is 236 g/mol. The zero-order valence-electron chi connectivity index (χ0n) is 10.3. The van der Waals surface area contributed by atoms with Gasteiger partial charge in [-0.15, -0.1) is 5.48 Å². The average molecular weight is 252 g/mol. The smallest absolute Gasteiger partial charge is 0.428 e. The van der Waals surface area contributed by atoms with Gasteiger partial charge in [0.25, 0.3) is 0 Å². The molecule has 0 unspecified atom stereocenters. The molecule has 0 aromatic heterocycles. The molecule has 0 fully saturated rings. The number of carboxylic acids is 1. The SMILES string of the molecule is CN(C)C(=O)ON[C@@H](Cc1ccccc1)C(=O)O. The van der Waals surface area contributed by atoms with E-state index in [1.54, 1.807) is 0 Å². The minimum atomic E-state index is -1.08. The van der Waals surface area contributed by atoms with Crippen molar-refractivity contribution in [2.75, 3.05) is 14.1 Å². The van der Waals surface area contributed by atoms with Crippen LogP contribution in [0.5, 0.6) is 0 Å². The number of carbonyl (C=O) groups is 2. The van der Waals surface area contributed by atoms with Gasteiger partial charge in [-0.25, -0.2) is 4.79 Å². The summed E-state index contributed by atoms with van der Waals surface area (Å²) in [5, 5.41) is 9.02. The first-order valence-electron chi connectivity index (χ1n) is 5.41. The number of benzene rings is 1. The molecule has 0 aliphatic heterocycles. The van der Waals surface area contributed by atoms with Gasteiger partial charge in [-0.05, 0) is 5.56 Å². The molecule has 18 heavy (non-hydrogen) atoms. The fraction of sp³-hybridized carbons (Fsp3) is 0.333. The number of hydroxylamine groups is 1. The lowest BCUT2D eigenvalue weighted by Crippen LogP contribution is -2.41. The van der Waals surface area contributed by atoms with Gasteiger partial charge in [-0.1, -0.05) is 30.3 Å². The Kier molecular flexibility index (Phi) is 5.13. The van der Waals surface area contributed by atoms with Gasteiger partial charge >= 0.3 is 12.1 Å². The Balaban J connectivity index is 2.56. The zero-order chi connectivity index (χ0) is 13.5. The van der Waals surface area contributed by atoms with Crippen LogP contribution in [0.15, 0.2) is 30.3 Å². The molecule has 1 rings (SSSR count). The minimum absolute atomic E-state index is 0.233. The van der Waals surface area contributed by atoms with E-state index in [1.807, 2.05) is 30.3 Å². The number of hydrogen-bond donors (Lipinski definition) is 2. The third kappa shape index (κ3) is 4.42. The molecule has 1 atom stereocenters. The maximum atomic E-state index is 11.2. The van der Waals surface area contributed by atoms with Gasteiger partial charge in [-0.2, -0.15) is 0 Å². The van der Waals surface area contributed by atoms with Crippen LogP contribution < -0.4 is 5.48 Å². The highest BCUT2D eigenvalue weighted by atomic mass is 16.7. The zero-order valence-corrected chi connectivity index (χ0v) is 10.3. The minimum Gasteiger partial charge on any atom is -0.480 e. The summed E-state index contributed by atoms with van der Waals surface area (Å²) in [4.78, 5) is 28.0. The van der Waals surface area contributed by atoms with Crippen molar-refractivity contribution in [1.29, 1.82) is 0 Å². The summed E-state index contributed by atoms with van der Waals surface area (Å²) in [5.41, 5.74) is 3.10. The maximum Gasteiger partial charge on any atom is 0.428 e. The molecule has 0 saturated heterocycles. The summed E-state index contributed by atoms with van der Waals surface area (Å²) >= 11 is 0. The topological polar surface area (TPSA) is 78.9 Å². The van der Waals surface area contributed by atoms with Crippen molar-refractivity contribution in [2.45, 2.75) is 12.5 Å². The van der Waals surface area contributed by atoms with Crippen LogP contribution in [0.25, 0.3) is 0 Å². The summed E-state index contributed by atoms with van der Waals surface area (Å²) < 4.78 is 0. The summed E-state index contributed by atoms with van der Waals surface area (Å²) in [6.07, 6.45) is -0.411. The Labute approximate surface area is 105 Å². The summed E-state index contributed by atoms with van der Waals surface area (Å²) in [6.45, 7) is 0. The summed E-state index contributed by atoms with van der Waals surface area (Å²) in [5.74, 6) is -1.08. The van der Waals surface area contributed by atoms with E-state index in [4.69, 9.17) is 5.11 Å². The van der Waals surface area contributed by atoms with Crippen molar-refractivity contribution in [1.82, 2.24) is 10.4 Å². The second kappa shape index (κ2) is 6.61. The van der Waals surface area contributed by atoms with Crippen LogP contribution in [0.4, 0.5) is 4.79 Å². The van der Waals surface area contributed by atoms with Crippen molar-refractivity contribution in [2.24, 2.45) is 0 Å². The monoisotopic (exact) mass is 252 g/mol. The van der Waals surface area contributed by atoms with Crippen molar-refractivity contribution >= 4 is 12.1 Å². The second-order valence-electron chi connectivity index (χ2n) is 3.96. The van der Waals surface area contributed by atoms with Crippen LogP contribution in [0, 0.1) is 0 Å². The molecule has 0 aliphatic carbocycles. The Morgan fingerprint density at radius 2 is 1.94 bits per heavy atom. The molecule has 0 saturated carbocycles. The standard InChI is InChI=1S/C12H16N2O4/c1-14(2)12(17)18-13-10(11(15)16)8-9-6-4-3-5-7-9/h3-7,10,13H,8H2,1-2H3,(H,15,16)/t10-/m0/s1. The van der Waals surface area contributed by atoms with Gasteiger partial charge in [-0.3, -0.25) is 4.79 Å². The van der Waals surface area contributed by atoms with Crippen molar-refractivity contribution < 1.29 is 19.5 Å². The normalized spacial score (nSPS) is 11.7. The number of carbonyl (C=O) groups excluding carboxylic acids is 1.